The minimum atomic E-state index is -0.626. The Kier molecular flexibility index (Phi) is 8.50. The summed E-state index contributed by atoms with van der Waals surface area (Å²) in [7, 11) is 0. The Morgan fingerprint density at radius 1 is 1.14 bits per heavy atom. The lowest BCUT2D eigenvalue weighted by atomic mass is 10.2. The predicted octanol–water partition coefficient (Wildman–Crippen LogP) is 3.63. The Bertz CT molecular complexity index is 908. The highest BCUT2D eigenvalue weighted by atomic mass is 35.5. The van der Waals surface area contributed by atoms with Gasteiger partial charge in [0.05, 0.1) is 18.0 Å². The zero-order valence-electron chi connectivity index (χ0n) is 15.2. The molecular weight excluding hydrogens is 418 g/mol. The first-order valence-corrected chi connectivity index (χ1v) is 9.38. The highest BCUT2D eigenvalue weighted by Crippen LogP contribution is 2.27. The smallest absolute Gasteiger partial charge is 0.306 e. The molecule has 29 heavy (non-hydrogen) atoms. The molecule has 0 heterocycles. The number of hydrogen-bond acceptors (Lipinski definition) is 6. The SMILES string of the molecule is O=C(CCC(=O)OCCc1ccccc1)NC(=S)Nc1ccc(Cl)c([N+](=O)[O-])c1. The van der Waals surface area contributed by atoms with E-state index in [1.165, 1.54) is 18.2 Å². The van der Waals surface area contributed by atoms with Crippen LogP contribution in [0.25, 0.3) is 0 Å². The lowest BCUT2D eigenvalue weighted by Crippen LogP contribution is -2.34. The van der Waals surface area contributed by atoms with Crippen molar-refractivity contribution in [3.05, 3.63) is 69.2 Å². The van der Waals surface area contributed by atoms with Crippen molar-refractivity contribution >= 4 is 52.2 Å². The van der Waals surface area contributed by atoms with Gasteiger partial charge in [0.2, 0.25) is 5.91 Å². The number of nitrogens with one attached hydrogen (secondary N) is 2. The second-order valence-corrected chi connectivity index (χ2v) is 6.70. The van der Waals surface area contributed by atoms with E-state index in [0.29, 0.717) is 12.1 Å². The second kappa shape index (κ2) is 11.1. The highest BCUT2D eigenvalue weighted by molar-refractivity contribution is 7.80. The van der Waals surface area contributed by atoms with Gasteiger partial charge in [-0.2, -0.15) is 0 Å². The van der Waals surface area contributed by atoms with Gasteiger partial charge in [0, 0.05) is 24.6 Å². The van der Waals surface area contributed by atoms with Gasteiger partial charge in [-0.05, 0) is 29.9 Å². The topological polar surface area (TPSA) is 111 Å². The van der Waals surface area contributed by atoms with Crippen molar-refractivity contribution < 1.29 is 19.2 Å². The number of nitro groups is 1. The number of halogens is 1. The summed E-state index contributed by atoms with van der Waals surface area (Å²) in [6, 6.07) is 13.6. The molecule has 0 saturated carbocycles. The second-order valence-electron chi connectivity index (χ2n) is 5.88. The fourth-order valence-electron chi connectivity index (χ4n) is 2.30. The van der Waals surface area contributed by atoms with Crippen LogP contribution in [0.4, 0.5) is 11.4 Å². The van der Waals surface area contributed by atoms with Gasteiger partial charge < -0.3 is 15.4 Å². The van der Waals surface area contributed by atoms with E-state index < -0.39 is 16.8 Å². The van der Waals surface area contributed by atoms with Gasteiger partial charge in [0.1, 0.15) is 5.02 Å². The van der Waals surface area contributed by atoms with Crippen LogP contribution in [0.15, 0.2) is 48.5 Å². The average molecular weight is 436 g/mol. The van der Waals surface area contributed by atoms with E-state index in [-0.39, 0.29) is 35.3 Å². The van der Waals surface area contributed by atoms with Crippen molar-refractivity contribution in [2.75, 3.05) is 11.9 Å². The third-order valence-corrected chi connectivity index (χ3v) is 4.23. The molecule has 0 aromatic heterocycles. The molecule has 0 unspecified atom stereocenters. The minimum Gasteiger partial charge on any atom is -0.465 e. The number of thiocarbonyl (C=S) groups is 1. The van der Waals surface area contributed by atoms with E-state index in [4.69, 9.17) is 28.6 Å². The van der Waals surface area contributed by atoms with Crippen LogP contribution in [0.2, 0.25) is 5.02 Å². The number of anilines is 1. The zero-order chi connectivity index (χ0) is 21.2. The number of amides is 1. The molecule has 2 N–H and O–H groups in total. The van der Waals surface area contributed by atoms with Gasteiger partial charge in [-0.3, -0.25) is 19.7 Å². The predicted molar refractivity (Wildman–Crippen MR) is 113 cm³/mol. The van der Waals surface area contributed by atoms with E-state index in [0.717, 1.165) is 5.56 Å². The molecule has 2 rings (SSSR count). The molecule has 152 valence electrons. The van der Waals surface area contributed by atoms with Gasteiger partial charge >= 0.3 is 5.97 Å². The molecule has 0 bridgehead atoms. The number of carbonyl (C=O) groups is 2. The molecule has 0 aliphatic rings. The first-order valence-electron chi connectivity index (χ1n) is 8.59. The van der Waals surface area contributed by atoms with Crippen LogP contribution in [-0.2, 0) is 20.7 Å². The first kappa shape index (κ1) is 22.3. The van der Waals surface area contributed by atoms with Crippen LogP contribution in [-0.4, -0.2) is 28.5 Å². The molecule has 2 aromatic rings. The molecule has 10 heteroatoms. The summed E-state index contributed by atoms with van der Waals surface area (Å²) in [6.45, 7) is 0.236. The van der Waals surface area contributed by atoms with Gasteiger partial charge in [-0.1, -0.05) is 41.9 Å². The maximum Gasteiger partial charge on any atom is 0.306 e. The molecule has 0 aliphatic carbocycles. The normalized spacial score (nSPS) is 10.1. The van der Waals surface area contributed by atoms with E-state index in [1.54, 1.807) is 0 Å². The zero-order valence-corrected chi connectivity index (χ0v) is 16.8. The lowest BCUT2D eigenvalue weighted by molar-refractivity contribution is -0.384. The van der Waals surface area contributed by atoms with Crippen LogP contribution in [0.1, 0.15) is 18.4 Å². The van der Waals surface area contributed by atoms with Gasteiger partial charge in [-0.25, -0.2) is 0 Å². The number of carbonyl (C=O) groups excluding carboxylic acids is 2. The molecule has 2 aromatic carbocycles. The standard InChI is InChI=1S/C19H18ClN3O5S/c20-15-7-6-14(12-16(15)23(26)27)21-19(29)22-17(24)8-9-18(25)28-11-10-13-4-2-1-3-5-13/h1-7,12H,8-11H2,(H2,21,22,24,29). The largest absolute Gasteiger partial charge is 0.465 e. The van der Waals surface area contributed by atoms with Crippen molar-refractivity contribution in [1.29, 1.82) is 0 Å². The summed E-state index contributed by atoms with van der Waals surface area (Å²) in [5.41, 5.74) is 1.06. The third kappa shape index (κ3) is 7.84. The number of benzene rings is 2. The van der Waals surface area contributed by atoms with Gasteiger partial charge in [0.25, 0.3) is 5.69 Å². The monoisotopic (exact) mass is 435 g/mol. The fraction of sp³-hybridized carbons (Fsp3) is 0.211. The van der Waals surface area contributed by atoms with Crippen LogP contribution in [0.3, 0.4) is 0 Å². The Labute approximate surface area is 177 Å². The molecule has 8 nitrogen and oxygen atoms in total. The number of esters is 1. The summed E-state index contributed by atoms with van der Waals surface area (Å²) in [5.74, 6) is -0.964. The van der Waals surface area contributed by atoms with Crippen molar-refractivity contribution in [2.45, 2.75) is 19.3 Å². The Morgan fingerprint density at radius 2 is 1.86 bits per heavy atom. The molecule has 0 spiro atoms. The van der Waals surface area contributed by atoms with Crippen LogP contribution >= 0.6 is 23.8 Å². The van der Waals surface area contributed by atoms with Crippen molar-refractivity contribution in [3.63, 3.8) is 0 Å². The summed E-state index contributed by atoms with van der Waals surface area (Å²) in [5, 5.41) is 15.9. The van der Waals surface area contributed by atoms with Gasteiger partial charge in [-0.15, -0.1) is 0 Å². The average Bonchev–Trinajstić information content (AvgIpc) is 2.68. The molecular formula is C19H18ClN3O5S. The van der Waals surface area contributed by atoms with Crippen LogP contribution in [0.5, 0.6) is 0 Å². The third-order valence-electron chi connectivity index (χ3n) is 3.71. The summed E-state index contributed by atoms with van der Waals surface area (Å²) in [4.78, 5) is 33.9. The van der Waals surface area contributed by atoms with Crippen LogP contribution < -0.4 is 10.6 Å². The van der Waals surface area contributed by atoms with E-state index in [1.807, 2.05) is 30.3 Å². The number of ether oxygens (including phenoxy) is 1. The number of rotatable bonds is 8. The number of hydrogen-bond donors (Lipinski definition) is 2. The molecule has 0 fully saturated rings. The van der Waals surface area contributed by atoms with Crippen molar-refractivity contribution in [2.24, 2.45) is 0 Å². The first-order chi connectivity index (χ1) is 13.8. The molecule has 1 amide bonds. The summed E-state index contributed by atoms with van der Waals surface area (Å²) < 4.78 is 5.10. The van der Waals surface area contributed by atoms with E-state index >= 15 is 0 Å². The van der Waals surface area contributed by atoms with Gasteiger partial charge in [0.15, 0.2) is 5.11 Å². The fourth-order valence-corrected chi connectivity index (χ4v) is 2.72. The summed E-state index contributed by atoms with van der Waals surface area (Å²) >= 11 is 10.7. The quantitative estimate of drug-likeness (QED) is 0.282. The molecule has 0 aliphatic heterocycles. The molecule has 0 radical (unpaired) electrons. The Hall–Kier alpha value is -3.04. The Balaban J connectivity index is 1.70. The number of nitrogens with zero attached hydrogens (tertiary/aromatic N) is 1. The molecule has 0 saturated heterocycles. The molecule has 0 atom stereocenters. The van der Waals surface area contributed by atoms with E-state index in [9.17, 15) is 19.7 Å². The Morgan fingerprint density at radius 3 is 2.55 bits per heavy atom. The highest BCUT2D eigenvalue weighted by Gasteiger charge is 2.14. The lowest BCUT2D eigenvalue weighted by Gasteiger charge is -2.10. The maximum absolute atomic E-state index is 11.9. The van der Waals surface area contributed by atoms with Crippen molar-refractivity contribution in [1.82, 2.24) is 5.32 Å². The van der Waals surface area contributed by atoms with Crippen LogP contribution in [0, 0.1) is 10.1 Å². The summed E-state index contributed by atoms with van der Waals surface area (Å²) in [6.07, 6.45) is 0.405. The number of nitro benzene ring substituents is 1. The minimum absolute atomic E-state index is 0.0127. The van der Waals surface area contributed by atoms with E-state index in [2.05, 4.69) is 10.6 Å². The maximum atomic E-state index is 11.9. The van der Waals surface area contributed by atoms with Crippen molar-refractivity contribution in [3.8, 4) is 0 Å².